The fourth-order valence-corrected chi connectivity index (χ4v) is 4.21. The van der Waals surface area contributed by atoms with Crippen molar-refractivity contribution < 1.29 is 0 Å². The van der Waals surface area contributed by atoms with Gasteiger partial charge in [-0.3, -0.25) is 0 Å². The topological polar surface area (TPSA) is 0 Å². The molecule has 0 unspecified atom stereocenters. The van der Waals surface area contributed by atoms with Gasteiger partial charge in [0.05, 0.1) is 0 Å². The van der Waals surface area contributed by atoms with Crippen molar-refractivity contribution in [1.82, 2.24) is 0 Å². The quantitative estimate of drug-likeness (QED) is 0.184. The van der Waals surface area contributed by atoms with Crippen molar-refractivity contribution in [1.29, 1.82) is 0 Å². The summed E-state index contributed by atoms with van der Waals surface area (Å²) in [6.45, 7) is 0. The Morgan fingerprint density at radius 1 is 0.560 bits per heavy atom. The molecule has 3 aromatic rings. The summed E-state index contributed by atoms with van der Waals surface area (Å²) in [6.07, 6.45) is 12.2. The second-order valence-corrected chi connectivity index (χ2v) is 7.86. The maximum absolute atomic E-state index is 3.51. The minimum absolute atomic E-state index is 1.16. The summed E-state index contributed by atoms with van der Waals surface area (Å²) in [5.74, 6) is 0. The van der Waals surface area contributed by atoms with Crippen LogP contribution in [0.5, 0.6) is 0 Å². The molecule has 0 amide bonds. The van der Waals surface area contributed by atoms with Gasteiger partial charge in [0.15, 0.2) is 0 Å². The molecule has 0 aliphatic rings. The van der Waals surface area contributed by atoms with Crippen molar-refractivity contribution in [3.63, 3.8) is 0 Å². The highest BCUT2D eigenvalue weighted by Gasteiger charge is 2.05. The maximum Gasteiger partial charge on any atom is 0.00313 e. The van der Waals surface area contributed by atoms with Gasteiger partial charge < -0.3 is 0 Å². The number of rotatable bonds is 10. The molecule has 0 spiro atoms. The summed E-state index contributed by atoms with van der Waals surface area (Å²) in [5, 5.41) is 6.76. The molecule has 0 bridgehead atoms. The molecule has 25 heavy (non-hydrogen) atoms. The summed E-state index contributed by atoms with van der Waals surface area (Å²) in [7, 11) is 0. The molecule has 0 aliphatic carbocycles. The third kappa shape index (κ3) is 5.07. The monoisotopic (exact) mass is 396 g/mol. The predicted molar refractivity (Wildman–Crippen MR) is 116 cm³/mol. The van der Waals surface area contributed by atoms with Crippen molar-refractivity contribution in [2.45, 2.75) is 57.8 Å². The van der Waals surface area contributed by atoms with E-state index in [-0.39, 0.29) is 0 Å². The summed E-state index contributed by atoms with van der Waals surface area (Å²) in [4.78, 5) is 0. The standard InChI is InChI=1S/C24H29Br/c25-18-12-6-4-2-1-3-5-7-13-20-19-21-14-8-9-15-22(21)24-17-11-10-16-23(20)24/h8-11,14-17,19H,1-7,12-13,18H2. The van der Waals surface area contributed by atoms with Gasteiger partial charge in [-0.05, 0) is 46.4 Å². The van der Waals surface area contributed by atoms with Gasteiger partial charge >= 0.3 is 0 Å². The van der Waals surface area contributed by atoms with E-state index in [0.29, 0.717) is 0 Å². The molecule has 3 aromatic carbocycles. The van der Waals surface area contributed by atoms with E-state index in [9.17, 15) is 0 Å². The van der Waals surface area contributed by atoms with Gasteiger partial charge in [-0.25, -0.2) is 0 Å². The summed E-state index contributed by atoms with van der Waals surface area (Å²) >= 11 is 3.51. The zero-order valence-electron chi connectivity index (χ0n) is 15.1. The number of hydrogen-bond donors (Lipinski definition) is 0. The van der Waals surface area contributed by atoms with Crippen molar-refractivity contribution >= 4 is 37.5 Å². The highest BCUT2D eigenvalue weighted by molar-refractivity contribution is 9.09. The molecule has 0 aromatic heterocycles. The van der Waals surface area contributed by atoms with Gasteiger partial charge in [0.2, 0.25) is 0 Å². The molecule has 0 saturated heterocycles. The molecule has 0 radical (unpaired) electrons. The first-order valence-electron chi connectivity index (χ1n) is 9.85. The Morgan fingerprint density at radius 3 is 1.84 bits per heavy atom. The number of aryl methyl sites for hydroxylation is 1. The Balaban J connectivity index is 1.56. The molecule has 0 nitrogen and oxygen atoms in total. The zero-order valence-corrected chi connectivity index (χ0v) is 16.7. The smallest absolute Gasteiger partial charge is 0.00313 e. The van der Waals surface area contributed by atoms with E-state index >= 15 is 0 Å². The molecule has 0 N–H and O–H groups in total. The van der Waals surface area contributed by atoms with Crippen molar-refractivity contribution in [3.05, 3.63) is 60.2 Å². The first-order chi connectivity index (χ1) is 12.4. The normalized spacial score (nSPS) is 11.4. The van der Waals surface area contributed by atoms with Crippen molar-refractivity contribution in [3.8, 4) is 0 Å². The molecular weight excluding hydrogens is 368 g/mol. The molecule has 1 heteroatoms. The Morgan fingerprint density at radius 2 is 1.12 bits per heavy atom. The number of benzene rings is 3. The lowest BCUT2D eigenvalue weighted by Gasteiger charge is -2.10. The van der Waals surface area contributed by atoms with Gasteiger partial charge in [0.1, 0.15) is 0 Å². The molecule has 0 heterocycles. The lowest BCUT2D eigenvalue weighted by molar-refractivity contribution is 0.577. The molecule has 0 saturated carbocycles. The van der Waals surface area contributed by atoms with E-state index in [1.807, 2.05) is 0 Å². The number of halogens is 1. The van der Waals surface area contributed by atoms with E-state index in [1.54, 1.807) is 0 Å². The van der Waals surface area contributed by atoms with Gasteiger partial charge in [-0.2, -0.15) is 0 Å². The Kier molecular flexibility index (Phi) is 7.36. The molecule has 3 rings (SSSR count). The van der Waals surface area contributed by atoms with Crippen LogP contribution in [0.2, 0.25) is 0 Å². The Hall–Kier alpha value is -1.34. The van der Waals surface area contributed by atoms with Crippen LogP contribution in [-0.4, -0.2) is 5.33 Å². The van der Waals surface area contributed by atoms with E-state index in [4.69, 9.17) is 0 Å². The van der Waals surface area contributed by atoms with Gasteiger partial charge in [0, 0.05) is 5.33 Å². The van der Waals surface area contributed by atoms with E-state index in [2.05, 4.69) is 70.5 Å². The van der Waals surface area contributed by atoms with Crippen LogP contribution in [0.3, 0.4) is 0 Å². The van der Waals surface area contributed by atoms with Gasteiger partial charge in [-0.15, -0.1) is 0 Å². The molecule has 0 atom stereocenters. The third-order valence-corrected chi connectivity index (χ3v) is 5.74. The number of fused-ring (bicyclic) bond motifs is 3. The first-order valence-corrected chi connectivity index (χ1v) is 11.0. The Labute approximate surface area is 160 Å². The molecule has 0 aliphatic heterocycles. The van der Waals surface area contributed by atoms with Gasteiger partial charge in [-0.1, -0.05) is 109 Å². The number of hydrogen-bond acceptors (Lipinski definition) is 0. The minimum atomic E-state index is 1.16. The zero-order chi connectivity index (χ0) is 17.3. The average molecular weight is 397 g/mol. The van der Waals surface area contributed by atoms with Crippen molar-refractivity contribution in [2.24, 2.45) is 0 Å². The highest BCUT2D eigenvalue weighted by Crippen LogP contribution is 2.29. The summed E-state index contributed by atoms with van der Waals surface area (Å²) in [6, 6.07) is 20.1. The summed E-state index contributed by atoms with van der Waals surface area (Å²) < 4.78 is 0. The SMILES string of the molecule is BrCCCCCCCCCCc1cc2ccccc2c2ccccc12. The fourth-order valence-electron chi connectivity index (χ4n) is 3.81. The van der Waals surface area contributed by atoms with Crippen LogP contribution < -0.4 is 0 Å². The Bertz CT molecular complexity index is 790. The van der Waals surface area contributed by atoms with Gasteiger partial charge in [0.25, 0.3) is 0 Å². The lowest BCUT2D eigenvalue weighted by Crippen LogP contribution is -1.90. The predicted octanol–water partition coefficient (Wildman–Crippen LogP) is 8.05. The lowest BCUT2D eigenvalue weighted by atomic mass is 9.94. The van der Waals surface area contributed by atoms with Crippen LogP contribution in [0.1, 0.15) is 56.9 Å². The summed E-state index contributed by atoms with van der Waals surface area (Å²) in [5.41, 5.74) is 1.52. The van der Waals surface area contributed by atoms with Crippen LogP contribution in [0.4, 0.5) is 0 Å². The number of unbranched alkanes of at least 4 members (excludes halogenated alkanes) is 7. The average Bonchev–Trinajstić information content (AvgIpc) is 2.66. The molecular formula is C24H29Br. The van der Waals surface area contributed by atoms with E-state index in [0.717, 1.165) is 5.33 Å². The van der Waals surface area contributed by atoms with Crippen molar-refractivity contribution in [2.75, 3.05) is 5.33 Å². The van der Waals surface area contributed by atoms with Crippen LogP contribution in [-0.2, 0) is 6.42 Å². The van der Waals surface area contributed by atoms with E-state index in [1.165, 1.54) is 84.9 Å². The first kappa shape index (κ1) is 18.5. The second-order valence-electron chi connectivity index (χ2n) is 7.07. The molecule has 0 fully saturated rings. The second kappa shape index (κ2) is 9.97. The third-order valence-electron chi connectivity index (χ3n) is 5.18. The highest BCUT2D eigenvalue weighted by atomic mass is 79.9. The molecule has 132 valence electrons. The van der Waals surface area contributed by atoms with E-state index < -0.39 is 0 Å². The van der Waals surface area contributed by atoms with Crippen LogP contribution >= 0.6 is 15.9 Å². The maximum atomic E-state index is 3.51. The largest absolute Gasteiger partial charge is 0.0928 e. The van der Waals surface area contributed by atoms with Crippen LogP contribution in [0.25, 0.3) is 21.5 Å². The van der Waals surface area contributed by atoms with Crippen LogP contribution in [0, 0.1) is 0 Å². The minimum Gasteiger partial charge on any atom is -0.0928 e. The van der Waals surface area contributed by atoms with Crippen LogP contribution in [0.15, 0.2) is 54.6 Å². The fraction of sp³-hybridized carbons (Fsp3) is 0.417. The number of alkyl halides is 1.